The zero-order valence-corrected chi connectivity index (χ0v) is 11.2. The summed E-state index contributed by atoms with van der Waals surface area (Å²) < 4.78 is 7.36. The lowest BCUT2D eigenvalue weighted by molar-refractivity contribution is 0.0944. The number of aromatic nitrogens is 2. The molecule has 6 heteroatoms. The Morgan fingerprint density at radius 1 is 1.35 bits per heavy atom. The van der Waals surface area contributed by atoms with Gasteiger partial charge in [0, 0.05) is 25.4 Å². The van der Waals surface area contributed by atoms with Crippen LogP contribution in [0.4, 0.5) is 0 Å². The van der Waals surface area contributed by atoms with Crippen molar-refractivity contribution in [1.82, 2.24) is 15.1 Å². The number of amides is 1. The monoisotopic (exact) mass is 275 g/mol. The Balaban J connectivity index is 1.91. The molecule has 0 saturated heterocycles. The van der Waals surface area contributed by atoms with Gasteiger partial charge in [-0.15, -0.1) is 0 Å². The zero-order valence-electron chi connectivity index (χ0n) is 11.2. The first-order valence-electron chi connectivity index (χ1n) is 6.29. The molecule has 20 heavy (non-hydrogen) atoms. The maximum absolute atomic E-state index is 11.6. The number of rotatable bonds is 6. The van der Waals surface area contributed by atoms with Crippen LogP contribution in [-0.4, -0.2) is 33.9 Å². The predicted molar refractivity (Wildman–Crippen MR) is 73.4 cm³/mol. The van der Waals surface area contributed by atoms with Crippen LogP contribution in [-0.2, 0) is 13.7 Å². The van der Waals surface area contributed by atoms with E-state index in [-0.39, 0.29) is 19.1 Å². The van der Waals surface area contributed by atoms with Gasteiger partial charge in [0.25, 0.3) is 5.91 Å². The summed E-state index contributed by atoms with van der Waals surface area (Å²) in [6, 6.07) is 8.74. The van der Waals surface area contributed by atoms with Crippen molar-refractivity contribution >= 4 is 5.91 Å². The Morgan fingerprint density at radius 3 is 2.70 bits per heavy atom. The molecule has 0 fully saturated rings. The molecule has 0 atom stereocenters. The highest BCUT2D eigenvalue weighted by molar-refractivity contribution is 5.94. The van der Waals surface area contributed by atoms with Gasteiger partial charge in [-0.25, -0.2) is 0 Å². The molecule has 0 aliphatic rings. The molecule has 0 saturated carbocycles. The zero-order chi connectivity index (χ0) is 14.4. The van der Waals surface area contributed by atoms with Crippen LogP contribution >= 0.6 is 0 Å². The van der Waals surface area contributed by atoms with Crippen LogP contribution in [0, 0.1) is 0 Å². The Bertz CT molecular complexity index is 563. The van der Waals surface area contributed by atoms with Gasteiger partial charge in [-0.2, -0.15) is 5.10 Å². The van der Waals surface area contributed by atoms with Crippen molar-refractivity contribution < 1.29 is 14.6 Å². The van der Waals surface area contributed by atoms with Gasteiger partial charge in [-0.05, 0) is 30.3 Å². The third kappa shape index (κ3) is 3.58. The first kappa shape index (κ1) is 14.1. The number of aliphatic hydroxyl groups excluding tert-OH is 1. The molecule has 0 unspecified atom stereocenters. The molecule has 1 heterocycles. The number of carbonyl (C=O) groups is 1. The van der Waals surface area contributed by atoms with Crippen molar-refractivity contribution in [3.63, 3.8) is 0 Å². The van der Waals surface area contributed by atoms with Crippen LogP contribution in [0.5, 0.6) is 5.75 Å². The SMILES string of the molecule is Cn1nccc1COc1ccc(C(=O)NCCO)cc1. The number of hydrogen-bond donors (Lipinski definition) is 2. The molecule has 0 spiro atoms. The highest BCUT2D eigenvalue weighted by atomic mass is 16.5. The van der Waals surface area contributed by atoms with Crippen LogP contribution < -0.4 is 10.1 Å². The van der Waals surface area contributed by atoms with Crippen molar-refractivity contribution in [2.45, 2.75) is 6.61 Å². The highest BCUT2D eigenvalue weighted by Gasteiger charge is 2.05. The first-order valence-corrected chi connectivity index (χ1v) is 6.29. The summed E-state index contributed by atoms with van der Waals surface area (Å²) in [6.07, 6.45) is 1.72. The average molecular weight is 275 g/mol. The Morgan fingerprint density at radius 2 is 2.10 bits per heavy atom. The fourth-order valence-corrected chi connectivity index (χ4v) is 1.67. The van der Waals surface area contributed by atoms with E-state index in [1.807, 2.05) is 13.1 Å². The lowest BCUT2D eigenvalue weighted by atomic mass is 10.2. The molecule has 2 N–H and O–H groups in total. The van der Waals surface area contributed by atoms with E-state index in [0.29, 0.717) is 17.9 Å². The average Bonchev–Trinajstić information content (AvgIpc) is 2.88. The van der Waals surface area contributed by atoms with Gasteiger partial charge in [-0.3, -0.25) is 9.48 Å². The number of benzene rings is 1. The van der Waals surface area contributed by atoms with E-state index in [0.717, 1.165) is 5.69 Å². The molecule has 0 radical (unpaired) electrons. The summed E-state index contributed by atoms with van der Waals surface area (Å²) in [4.78, 5) is 11.6. The molecular weight excluding hydrogens is 258 g/mol. The van der Waals surface area contributed by atoms with Crippen molar-refractivity contribution in [1.29, 1.82) is 0 Å². The molecule has 1 aromatic carbocycles. The van der Waals surface area contributed by atoms with E-state index < -0.39 is 0 Å². The largest absolute Gasteiger partial charge is 0.487 e. The number of ether oxygens (including phenoxy) is 1. The standard InChI is InChI=1S/C14H17N3O3/c1-17-12(6-7-16-17)10-20-13-4-2-11(3-5-13)14(19)15-8-9-18/h2-7,18H,8-10H2,1H3,(H,15,19). The van der Waals surface area contributed by atoms with Gasteiger partial charge in [0.05, 0.1) is 12.3 Å². The second kappa shape index (κ2) is 6.72. The highest BCUT2D eigenvalue weighted by Crippen LogP contribution is 2.14. The smallest absolute Gasteiger partial charge is 0.251 e. The Labute approximate surface area is 117 Å². The summed E-state index contributed by atoms with van der Waals surface area (Å²) in [7, 11) is 1.85. The molecule has 1 amide bonds. The van der Waals surface area contributed by atoms with Gasteiger partial charge in [0.2, 0.25) is 0 Å². The summed E-state index contributed by atoms with van der Waals surface area (Å²) >= 11 is 0. The number of hydrogen-bond acceptors (Lipinski definition) is 4. The van der Waals surface area contributed by atoms with E-state index in [2.05, 4.69) is 10.4 Å². The fraction of sp³-hybridized carbons (Fsp3) is 0.286. The van der Waals surface area contributed by atoms with E-state index in [1.165, 1.54) is 0 Å². The van der Waals surface area contributed by atoms with Gasteiger partial charge < -0.3 is 15.2 Å². The quantitative estimate of drug-likeness (QED) is 0.814. The van der Waals surface area contributed by atoms with Gasteiger partial charge in [0.1, 0.15) is 12.4 Å². The maximum Gasteiger partial charge on any atom is 0.251 e. The van der Waals surface area contributed by atoms with Crippen LogP contribution in [0.1, 0.15) is 16.1 Å². The molecule has 0 aliphatic heterocycles. The molecule has 1 aromatic heterocycles. The molecule has 106 valence electrons. The molecule has 6 nitrogen and oxygen atoms in total. The first-order chi connectivity index (χ1) is 9.70. The summed E-state index contributed by atoms with van der Waals surface area (Å²) in [5.74, 6) is 0.474. The predicted octanol–water partition coefficient (Wildman–Crippen LogP) is 0.721. The van der Waals surface area contributed by atoms with Crippen molar-refractivity contribution in [2.24, 2.45) is 7.05 Å². The molecular formula is C14H17N3O3. The minimum absolute atomic E-state index is 0.0718. The summed E-state index contributed by atoms with van der Waals surface area (Å²) in [5, 5.41) is 15.3. The normalized spacial score (nSPS) is 10.3. The maximum atomic E-state index is 11.6. The number of nitrogens with one attached hydrogen (secondary N) is 1. The topological polar surface area (TPSA) is 76.4 Å². The van der Waals surface area contributed by atoms with Crippen molar-refractivity contribution in [3.8, 4) is 5.75 Å². The third-order valence-corrected chi connectivity index (χ3v) is 2.82. The fourth-order valence-electron chi connectivity index (χ4n) is 1.67. The second-order valence-corrected chi connectivity index (χ2v) is 4.24. The van der Waals surface area contributed by atoms with Gasteiger partial charge in [-0.1, -0.05) is 0 Å². The van der Waals surface area contributed by atoms with E-state index in [4.69, 9.17) is 9.84 Å². The summed E-state index contributed by atoms with van der Waals surface area (Å²) in [6.45, 7) is 0.599. The number of nitrogens with zero attached hydrogens (tertiary/aromatic N) is 2. The number of carbonyl (C=O) groups excluding carboxylic acids is 1. The van der Waals surface area contributed by atoms with Crippen LogP contribution in [0.25, 0.3) is 0 Å². The molecule has 2 aromatic rings. The van der Waals surface area contributed by atoms with Gasteiger partial charge >= 0.3 is 0 Å². The van der Waals surface area contributed by atoms with E-state index >= 15 is 0 Å². The third-order valence-electron chi connectivity index (χ3n) is 2.82. The lowest BCUT2D eigenvalue weighted by Crippen LogP contribution is -2.26. The molecule has 2 rings (SSSR count). The molecule has 0 bridgehead atoms. The number of aliphatic hydroxyl groups is 1. The minimum Gasteiger partial charge on any atom is -0.487 e. The van der Waals surface area contributed by atoms with E-state index in [1.54, 1.807) is 35.1 Å². The second-order valence-electron chi connectivity index (χ2n) is 4.24. The van der Waals surface area contributed by atoms with Crippen LogP contribution in [0.2, 0.25) is 0 Å². The van der Waals surface area contributed by atoms with E-state index in [9.17, 15) is 4.79 Å². The van der Waals surface area contributed by atoms with Crippen molar-refractivity contribution in [2.75, 3.05) is 13.2 Å². The molecule has 0 aliphatic carbocycles. The van der Waals surface area contributed by atoms with Crippen molar-refractivity contribution in [3.05, 3.63) is 47.8 Å². The Hall–Kier alpha value is -2.34. The lowest BCUT2D eigenvalue weighted by Gasteiger charge is -2.07. The van der Waals surface area contributed by atoms with Gasteiger partial charge in [0.15, 0.2) is 0 Å². The minimum atomic E-state index is -0.211. The van der Waals surface area contributed by atoms with Crippen LogP contribution in [0.15, 0.2) is 36.5 Å². The number of aryl methyl sites for hydroxylation is 1. The Kier molecular flexibility index (Phi) is 4.73. The summed E-state index contributed by atoms with van der Waals surface area (Å²) in [5.41, 5.74) is 1.50. The van der Waals surface area contributed by atoms with Crippen LogP contribution in [0.3, 0.4) is 0 Å².